The van der Waals surface area contributed by atoms with Gasteiger partial charge in [-0.2, -0.15) is 24.5 Å². The standard InChI is InChI=1S/C23H19F3N2S/c1-15-2-5-17-11-19(22(28-21(17)10-15)18-8-9-29-14-18)13-27-12-16-3-6-20(7-4-16)23(24,25)26/h2-11,14,27H,12-13H2,1H3. The van der Waals surface area contributed by atoms with Crippen molar-refractivity contribution in [2.45, 2.75) is 26.2 Å². The van der Waals surface area contributed by atoms with E-state index in [1.54, 1.807) is 11.3 Å². The highest BCUT2D eigenvalue weighted by Crippen LogP contribution is 2.30. The molecule has 0 aliphatic carbocycles. The third-order valence-corrected chi connectivity index (χ3v) is 5.46. The van der Waals surface area contributed by atoms with Gasteiger partial charge in [0, 0.05) is 29.4 Å². The molecule has 0 bridgehead atoms. The number of pyridine rings is 1. The van der Waals surface area contributed by atoms with Crippen LogP contribution < -0.4 is 5.32 Å². The Kier molecular flexibility index (Phi) is 5.39. The third-order valence-electron chi connectivity index (χ3n) is 4.77. The summed E-state index contributed by atoms with van der Waals surface area (Å²) >= 11 is 1.62. The Morgan fingerprint density at radius 2 is 1.76 bits per heavy atom. The molecule has 0 saturated heterocycles. The Morgan fingerprint density at radius 3 is 2.45 bits per heavy atom. The molecule has 4 rings (SSSR count). The molecule has 0 aliphatic heterocycles. The second-order valence-corrected chi connectivity index (χ2v) is 7.78. The summed E-state index contributed by atoms with van der Waals surface area (Å²) in [6.45, 7) is 3.10. The minimum atomic E-state index is -4.31. The molecule has 2 nitrogen and oxygen atoms in total. The number of hydrogen-bond donors (Lipinski definition) is 1. The van der Waals surface area contributed by atoms with Gasteiger partial charge in [-0.15, -0.1) is 0 Å². The lowest BCUT2D eigenvalue weighted by Crippen LogP contribution is -2.14. The quantitative estimate of drug-likeness (QED) is 0.400. The SMILES string of the molecule is Cc1ccc2cc(CNCc3ccc(C(F)(F)F)cc3)c(-c3ccsc3)nc2c1. The number of aryl methyl sites for hydroxylation is 1. The molecule has 0 fully saturated rings. The molecule has 6 heteroatoms. The van der Waals surface area contributed by atoms with E-state index >= 15 is 0 Å². The molecule has 0 saturated carbocycles. The van der Waals surface area contributed by atoms with Crippen molar-refractivity contribution >= 4 is 22.2 Å². The van der Waals surface area contributed by atoms with E-state index in [0.717, 1.165) is 51.0 Å². The molecular formula is C23H19F3N2S. The van der Waals surface area contributed by atoms with Crippen LogP contribution in [0.2, 0.25) is 0 Å². The van der Waals surface area contributed by atoms with Crippen molar-refractivity contribution in [2.75, 3.05) is 0 Å². The van der Waals surface area contributed by atoms with Gasteiger partial charge in [0.2, 0.25) is 0 Å². The fraction of sp³-hybridized carbons (Fsp3) is 0.174. The first kappa shape index (κ1) is 19.6. The normalized spacial score (nSPS) is 11.9. The summed E-state index contributed by atoms with van der Waals surface area (Å²) in [6, 6.07) is 15.6. The van der Waals surface area contributed by atoms with E-state index in [1.165, 1.54) is 12.1 Å². The van der Waals surface area contributed by atoms with Crippen molar-refractivity contribution in [3.8, 4) is 11.3 Å². The van der Waals surface area contributed by atoms with Gasteiger partial charge in [0.15, 0.2) is 0 Å². The first-order valence-electron chi connectivity index (χ1n) is 9.20. The van der Waals surface area contributed by atoms with E-state index in [1.807, 2.05) is 18.4 Å². The molecule has 2 aromatic carbocycles. The third kappa shape index (κ3) is 4.49. The number of halogens is 3. The maximum atomic E-state index is 12.7. The fourth-order valence-electron chi connectivity index (χ4n) is 3.26. The van der Waals surface area contributed by atoms with E-state index in [2.05, 4.69) is 35.0 Å². The maximum absolute atomic E-state index is 12.7. The van der Waals surface area contributed by atoms with Crippen LogP contribution in [0.5, 0.6) is 0 Å². The van der Waals surface area contributed by atoms with E-state index in [0.29, 0.717) is 13.1 Å². The first-order valence-corrected chi connectivity index (χ1v) is 10.1. The van der Waals surface area contributed by atoms with Gasteiger partial charge in [0.25, 0.3) is 0 Å². The van der Waals surface area contributed by atoms with Crippen molar-refractivity contribution in [3.05, 3.63) is 87.6 Å². The Morgan fingerprint density at radius 1 is 0.966 bits per heavy atom. The van der Waals surface area contributed by atoms with E-state index < -0.39 is 11.7 Å². The second kappa shape index (κ2) is 7.97. The molecular weight excluding hydrogens is 393 g/mol. The molecule has 0 aliphatic rings. The Hall–Kier alpha value is -2.70. The van der Waals surface area contributed by atoms with Crippen LogP contribution in [0.3, 0.4) is 0 Å². The van der Waals surface area contributed by atoms with E-state index in [4.69, 9.17) is 4.98 Å². The van der Waals surface area contributed by atoms with Crippen molar-refractivity contribution in [2.24, 2.45) is 0 Å². The summed E-state index contributed by atoms with van der Waals surface area (Å²) in [4.78, 5) is 4.88. The summed E-state index contributed by atoms with van der Waals surface area (Å²) in [6.07, 6.45) is -4.31. The Balaban J connectivity index is 1.55. The molecule has 148 valence electrons. The Labute approximate surface area is 171 Å². The first-order chi connectivity index (χ1) is 13.9. The summed E-state index contributed by atoms with van der Waals surface area (Å²) in [5.41, 5.74) is 5.36. The fourth-order valence-corrected chi connectivity index (χ4v) is 3.90. The number of rotatable bonds is 5. The molecule has 0 amide bonds. The molecule has 2 heterocycles. The van der Waals surface area contributed by atoms with Crippen molar-refractivity contribution in [1.29, 1.82) is 0 Å². The zero-order chi connectivity index (χ0) is 20.4. The molecule has 4 aromatic rings. The largest absolute Gasteiger partial charge is 0.416 e. The number of aromatic nitrogens is 1. The maximum Gasteiger partial charge on any atom is 0.416 e. The number of hydrogen-bond acceptors (Lipinski definition) is 3. The number of alkyl halides is 3. The highest BCUT2D eigenvalue weighted by molar-refractivity contribution is 7.08. The summed E-state index contributed by atoms with van der Waals surface area (Å²) in [5.74, 6) is 0. The topological polar surface area (TPSA) is 24.9 Å². The molecule has 0 unspecified atom stereocenters. The molecule has 1 N–H and O–H groups in total. The number of nitrogens with one attached hydrogen (secondary N) is 1. The highest BCUT2D eigenvalue weighted by atomic mass is 32.1. The minimum absolute atomic E-state index is 0.479. The monoisotopic (exact) mass is 412 g/mol. The van der Waals surface area contributed by atoms with Crippen LogP contribution in [-0.2, 0) is 19.3 Å². The second-order valence-electron chi connectivity index (χ2n) is 7.00. The highest BCUT2D eigenvalue weighted by Gasteiger charge is 2.29. The van der Waals surface area contributed by atoms with Crippen molar-refractivity contribution in [1.82, 2.24) is 10.3 Å². The van der Waals surface area contributed by atoms with Crippen molar-refractivity contribution < 1.29 is 13.2 Å². The molecule has 0 atom stereocenters. The zero-order valence-electron chi connectivity index (χ0n) is 15.8. The van der Waals surface area contributed by atoms with Gasteiger partial charge in [-0.05, 0) is 59.3 Å². The van der Waals surface area contributed by atoms with Gasteiger partial charge in [0.05, 0.1) is 16.8 Å². The summed E-state index contributed by atoms with van der Waals surface area (Å²) in [7, 11) is 0. The van der Waals surface area contributed by atoms with Crippen LogP contribution in [-0.4, -0.2) is 4.98 Å². The van der Waals surface area contributed by atoms with Gasteiger partial charge >= 0.3 is 6.18 Å². The zero-order valence-corrected chi connectivity index (χ0v) is 16.6. The molecule has 2 aromatic heterocycles. The Bertz CT molecular complexity index is 1120. The van der Waals surface area contributed by atoms with Crippen molar-refractivity contribution in [3.63, 3.8) is 0 Å². The predicted molar refractivity (Wildman–Crippen MR) is 112 cm³/mol. The minimum Gasteiger partial charge on any atom is -0.309 e. The van der Waals surface area contributed by atoms with Crippen LogP contribution in [0.15, 0.2) is 65.4 Å². The van der Waals surface area contributed by atoms with Crippen LogP contribution in [0, 0.1) is 6.92 Å². The number of nitrogens with zero attached hydrogens (tertiary/aromatic N) is 1. The summed E-state index contributed by atoms with van der Waals surface area (Å²) in [5, 5.41) is 8.50. The predicted octanol–water partition coefficient (Wildman–Crippen LogP) is 6.58. The van der Waals surface area contributed by atoms with E-state index in [-0.39, 0.29) is 0 Å². The van der Waals surface area contributed by atoms with Gasteiger partial charge in [-0.1, -0.05) is 24.3 Å². The van der Waals surface area contributed by atoms with Crippen LogP contribution in [0.25, 0.3) is 22.2 Å². The van der Waals surface area contributed by atoms with Crippen LogP contribution in [0.1, 0.15) is 22.3 Å². The average Bonchev–Trinajstić information content (AvgIpc) is 3.22. The smallest absolute Gasteiger partial charge is 0.309 e. The lowest BCUT2D eigenvalue weighted by atomic mass is 10.0. The summed E-state index contributed by atoms with van der Waals surface area (Å²) < 4.78 is 38.1. The number of thiophene rings is 1. The average molecular weight is 412 g/mol. The molecule has 0 spiro atoms. The number of fused-ring (bicyclic) bond motifs is 1. The molecule has 29 heavy (non-hydrogen) atoms. The van der Waals surface area contributed by atoms with Crippen LogP contribution >= 0.6 is 11.3 Å². The van der Waals surface area contributed by atoms with E-state index in [9.17, 15) is 13.2 Å². The van der Waals surface area contributed by atoms with Gasteiger partial charge in [0.1, 0.15) is 0 Å². The lowest BCUT2D eigenvalue weighted by Gasteiger charge is -2.12. The lowest BCUT2D eigenvalue weighted by molar-refractivity contribution is -0.137. The van der Waals surface area contributed by atoms with Gasteiger partial charge < -0.3 is 5.32 Å². The van der Waals surface area contributed by atoms with Gasteiger partial charge in [-0.25, -0.2) is 4.98 Å². The van der Waals surface area contributed by atoms with Gasteiger partial charge in [-0.3, -0.25) is 0 Å². The number of benzene rings is 2. The van der Waals surface area contributed by atoms with Crippen LogP contribution in [0.4, 0.5) is 13.2 Å². The molecule has 0 radical (unpaired) electrons.